The monoisotopic (exact) mass is 210 g/mol. The Bertz CT molecular complexity index is 250. The van der Waals surface area contributed by atoms with Gasteiger partial charge in [-0.1, -0.05) is 26.7 Å². The van der Waals surface area contributed by atoms with E-state index >= 15 is 0 Å². The predicted molar refractivity (Wildman–Crippen MR) is 68.6 cm³/mol. The van der Waals surface area contributed by atoms with E-state index in [1.807, 2.05) is 0 Å². The van der Waals surface area contributed by atoms with Crippen molar-refractivity contribution in [2.75, 3.05) is 20.6 Å². The Hall–Kier alpha value is -0.480. The summed E-state index contributed by atoms with van der Waals surface area (Å²) in [6, 6.07) is 0. The van der Waals surface area contributed by atoms with Gasteiger partial charge in [-0.3, -0.25) is 0 Å². The molecule has 0 aliphatic carbocycles. The summed E-state index contributed by atoms with van der Waals surface area (Å²) in [5.41, 5.74) is 0.586. The van der Waals surface area contributed by atoms with Crippen LogP contribution in [0, 0.1) is 17.3 Å². The van der Waals surface area contributed by atoms with E-state index in [0.29, 0.717) is 5.41 Å². The molecule has 0 unspecified atom stereocenters. The van der Waals surface area contributed by atoms with Crippen LogP contribution in [0.25, 0.3) is 0 Å². The molecule has 0 saturated carbocycles. The van der Waals surface area contributed by atoms with Crippen molar-refractivity contribution < 1.29 is 4.48 Å². The van der Waals surface area contributed by atoms with Gasteiger partial charge in [-0.2, -0.15) is 0 Å². The molecule has 1 nitrogen and oxygen atoms in total. The highest BCUT2D eigenvalue weighted by molar-refractivity contribution is 5.01. The molecule has 0 rings (SSSR count). The van der Waals surface area contributed by atoms with Crippen molar-refractivity contribution in [3.8, 4) is 11.8 Å². The van der Waals surface area contributed by atoms with Crippen LogP contribution < -0.4 is 0 Å². The lowest BCUT2D eigenvalue weighted by molar-refractivity contribution is -0.929. The smallest absolute Gasteiger partial charge is 0.140 e. The van der Waals surface area contributed by atoms with E-state index in [1.165, 1.54) is 0 Å². The minimum absolute atomic E-state index is 0.260. The van der Waals surface area contributed by atoms with Crippen molar-refractivity contribution >= 4 is 0 Å². The van der Waals surface area contributed by atoms with Gasteiger partial charge >= 0.3 is 0 Å². The fourth-order valence-corrected chi connectivity index (χ4v) is 0.818. The van der Waals surface area contributed by atoms with Gasteiger partial charge in [0.25, 0.3) is 0 Å². The molecule has 0 atom stereocenters. The third-order valence-electron chi connectivity index (χ3n) is 3.03. The summed E-state index contributed by atoms with van der Waals surface area (Å²) in [5, 5.41) is 0. The lowest BCUT2D eigenvalue weighted by atomic mass is 9.93. The molecule has 15 heavy (non-hydrogen) atoms. The SMILES string of the molecule is CC(C)(C)CC#CC[N+](C)(C)C(C)(C)C. The van der Waals surface area contributed by atoms with Gasteiger partial charge < -0.3 is 4.48 Å². The highest BCUT2D eigenvalue weighted by atomic mass is 15.3. The van der Waals surface area contributed by atoms with E-state index < -0.39 is 0 Å². The zero-order chi connectivity index (χ0) is 12.3. The van der Waals surface area contributed by atoms with Gasteiger partial charge in [0.1, 0.15) is 6.54 Å². The van der Waals surface area contributed by atoms with Crippen LogP contribution in [0.5, 0.6) is 0 Å². The third kappa shape index (κ3) is 5.85. The Morgan fingerprint density at radius 1 is 0.867 bits per heavy atom. The van der Waals surface area contributed by atoms with Gasteiger partial charge in [-0.05, 0) is 32.1 Å². The minimum Gasteiger partial charge on any atom is -0.314 e. The normalized spacial score (nSPS) is 13.3. The molecule has 88 valence electrons. The predicted octanol–water partition coefficient (Wildman–Crippen LogP) is 3.30. The van der Waals surface area contributed by atoms with Crippen molar-refractivity contribution in [3.63, 3.8) is 0 Å². The largest absolute Gasteiger partial charge is 0.314 e. The Labute approximate surface area is 96.5 Å². The van der Waals surface area contributed by atoms with Gasteiger partial charge in [0, 0.05) is 6.42 Å². The van der Waals surface area contributed by atoms with Gasteiger partial charge in [-0.25, -0.2) is 0 Å². The first-order chi connectivity index (χ1) is 6.46. The average molecular weight is 210 g/mol. The van der Waals surface area contributed by atoms with Gasteiger partial charge in [0.15, 0.2) is 0 Å². The van der Waals surface area contributed by atoms with Crippen molar-refractivity contribution in [2.24, 2.45) is 5.41 Å². The van der Waals surface area contributed by atoms with Crippen LogP contribution in [0.4, 0.5) is 0 Å². The highest BCUT2D eigenvalue weighted by Crippen LogP contribution is 2.19. The van der Waals surface area contributed by atoms with E-state index in [0.717, 1.165) is 17.4 Å². The molecule has 0 amide bonds. The molecule has 0 heterocycles. The molecule has 0 spiro atoms. The topological polar surface area (TPSA) is 0 Å². The summed E-state index contributed by atoms with van der Waals surface area (Å²) in [6.07, 6.45) is 0.983. The van der Waals surface area contributed by atoms with Crippen molar-refractivity contribution in [1.29, 1.82) is 0 Å². The lowest BCUT2D eigenvalue weighted by Gasteiger charge is -2.40. The lowest BCUT2D eigenvalue weighted by Crippen LogP contribution is -2.54. The maximum atomic E-state index is 3.31. The van der Waals surface area contributed by atoms with Crippen LogP contribution in [-0.4, -0.2) is 30.7 Å². The van der Waals surface area contributed by atoms with E-state index in [1.54, 1.807) is 0 Å². The maximum Gasteiger partial charge on any atom is 0.140 e. The van der Waals surface area contributed by atoms with Crippen LogP contribution in [0.3, 0.4) is 0 Å². The number of rotatable bonds is 1. The van der Waals surface area contributed by atoms with Gasteiger partial charge in [0.2, 0.25) is 0 Å². The third-order valence-corrected chi connectivity index (χ3v) is 3.03. The summed E-state index contributed by atoms with van der Waals surface area (Å²) in [6.45, 7) is 14.4. The summed E-state index contributed by atoms with van der Waals surface area (Å²) >= 11 is 0. The molecule has 0 N–H and O–H groups in total. The van der Waals surface area contributed by atoms with Crippen LogP contribution in [0.15, 0.2) is 0 Å². The highest BCUT2D eigenvalue weighted by Gasteiger charge is 2.30. The first-order valence-electron chi connectivity index (χ1n) is 5.74. The molecular formula is C14H28N+. The molecule has 0 aromatic rings. The second-order valence-corrected chi connectivity index (χ2v) is 7.10. The molecule has 0 saturated heterocycles. The quantitative estimate of drug-likeness (QED) is 0.460. The Morgan fingerprint density at radius 2 is 1.33 bits per heavy atom. The maximum absolute atomic E-state index is 3.31. The molecule has 0 aliphatic rings. The zero-order valence-corrected chi connectivity index (χ0v) is 11.9. The van der Waals surface area contributed by atoms with Gasteiger partial charge in [0.05, 0.1) is 19.6 Å². The molecule has 0 aromatic carbocycles. The number of quaternary nitrogens is 1. The number of hydrogen-bond donors (Lipinski definition) is 0. The van der Waals surface area contributed by atoms with Crippen molar-refractivity contribution in [2.45, 2.75) is 53.5 Å². The molecule has 1 heteroatoms. The summed E-state index contributed by atoms with van der Waals surface area (Å²) in [5.74, 6) is 6.60. The second-order valence-electron chi connectivity index (χ2n) is 7.10. The number of nitrogens with zero attached hydrogens (tertiary/aromatic N) is 1. The summed E-state index contributed by atoms with van der Waals surface area (Å²) in [4.78, 5) is 0. The molecule has 0 aromatic heterocycles. The van der Waals surface area contributed by atoms with E-state index in [2.05, 4.69) is 67.5 Å². The Morgan fingerprint density at radius 3 is 1.67 bits per heavy atom. The molecular weight excluding hydrogens is 182 g/mol. The Balaban J connectivity index is 4.28. The van der Waals surface area contributed by atoms with E-state index in [4.69, 9.17) is 0 Å². The first kappa shape index (κ1) is 14.5. The van der Waals surface area contributed by atoms with Gasteiger partial charge in [-0.15, -0.1) is 0 Å². The number of hydrogen-bond acceptors (Lipinski definition) is 0. The van der Waals surface area contributed by atoms with Crippen LogP contribution in [0.2, 0.25) is 0 Å². The Kier molecular flexibility index (Phi) is 4.43. The molecule has 0 bridgehead atoms. The van der Waals surface area contributed by atoms with E-state index in [-0.39, 0.29) is 5.54 Å². The zero-order valence-electron chi connectivity index (χ0n) is 11.9. The fraction of sp³-hybridized carbons (Fsp3) is 0.857. The first-order valence-corrected chi connectivity index (χ1v) is 5.74. The average Bonchev–Trinajstić information content (AvgIpc) is 1.94. The molecule has 0 radical (unpaired) electrons. The van der Waals surface area contributed by atoms with Crippen LogP contribution in [0.1, 0.15) is 48.0 Å². The fourth-order valence-electron chi connectivity index (χ4n) is 0.818. The van der Waals surface area contributed by atoms with Crippen molar-refractivity contribution in [3.05, 3.63) is 0 Å². The van der Waals surface area contributed by atoms with Crippen LogP contribution in [-0.2, 0) is 0 Å². The van der Waals surface area contributed by atoms with E-state index in [9.17, 15) is 0 Å². The molecule has 0 fully saturated rings. The standard InChI is InChI=1S/C14H28N/c1-13(2,3)11-9-10-12-15(7,8)14(4,5)6/h11-12H2,1-8H3/q+1. The van der Waals surface area contributed by atoms with Crippen LogP contribution >= 0.6 is 0 Å². The minimum atomic E-state index is 0.260. The molecule has 0 aliphatic heterocycles. The summed E-state index contributed by atoms with van der Waals surface area (Å²) in [7, 11) is 4.48. The summed E-state index contributed by atoms with van der Waals surface area (Å²) < 4.78 is 0.949. The second kappa shape index (κ2) is 4.58. The van der Waals surface area contributed by atoms with Crippen molar-refractivity contribution in [1.82, 2.24) is 0 Å².